The Balaban J connectivity index is 1.89. The van der Waals surface area contributed by atoms with Crippen molar-refractivity contribution in [3.63, 3.8) is 0 Å². The van der Waals surface area contributed by atoms with E-state index < -0.39 is 0 Å². The van der Waals surface area contributed by atoms with E-state index >= 15 is 0 Å². The van der Waals surface area contributed by atoms with Crippen LogP contribution < -0.4 is 5.73 Å². The molecule has 0 aromatic heterocycles. The lowest BCUT2D eigenvalue weighted by atomic mass is 9.87. The Labute approximate surface area is 137 Å². The Morgan fingerprint density at radius 1 is 1.19 bits per heavy atom. The smallest absolute Gasteiger partial charge is 0.0502 e. The molecule has 0 bridgehead atoms. The number of piperidine rings is 1. The molecule has 1 aliphatic carbocycles. The first-order valence-electron chi connectivity index (χ1n) is 8.47. The molecule has 1 saturated heterocycles. The summed E-state index contributed by atoms with van der Waals surface area (Å²) >= 11 is 3.54. The van der Waals surface area contributed by atoms with Crippen LogP contribution in [0.15, 0.2) is 28.7 Å². The molecular formula is C18H27BrN2. The second kappa shape index (κ2) is 6.80. The average molecular weight is 351 g/mol. The zero-order valence-electron chi connectivity index (χ0n) is 13.0. The largest absolute Gasteiger partial charge is 0.326 e. The van der Waals surface area contributed by atoms with Gasteiger partial charge in [-0.15, -0.1) is 0 Å². The first-order valence-corrected chi connectivity index (χ1v) is 9.26. The molecule has 3 heteroatoms. The first kappa shape index (κ1) is 15.5. The Hall–Kier alpha value is -0.380. The molecule has 2 fully saturated rings. The summed E-state index contributed by atoms with van der Waals surface area (Å²) in [5.41, 5.74) is 7.94. The molecule has 1 aromatic carbocycles. The van der Waals surface area contributed by atoms with Crippen molar-refractivity contribution in [2.75, 3.05) is 6.54 Å². The molecular weight excluding hydrogens is 324 g/mol. The molecule has 1 heterocycles. The van der Waals surface area contributed by atoms with E-state index in [2.05, 4.69) is 52.0 Å². The lowest BCUT2D eigenvalue weighted by molar-refractivity contribution is 0.0538. The highest BCUT2D eigenvalue weighted by Gasteiger charge is 2.39. The van der Waals surface area contributed by atoms with Crippen LogP contribution in [0.25, 0.3) is 0 Å². The van der Waals surface area contributed by atoms with Crippen LogP contribution >= 0.6 is 15.9 Å². The minimum absolute atomic E-state index is 0.227. The van der Waals surface area contributed by atoms with Crippen LogP contribution in [0, 0.1) is 5.92 Å². The van der Waals surface area contributed by atoms with E-state index in [9.17, 15) is 0 Å². The highest BCUT2D eigenvalue weighted by molar-refractivity contribution is 9.10. The molecule has 2 nitrogen and oxygen atoms in total. The zero-order chi connectivity index (χ0) is 14.8. The molecule has 0 radical (unpaired) electrons. The number of rotatable bonds is 4. The van der Waals surface area contributed by atoms with Crippen LogP contribution in [0.3, 0.4) is 0 Å². The summed E-state index contributed by atoms with van der Waals surface area (Å²) in [6, 6.07) is 10.2. The molecule has 3 rings (SSSR count). The van der Waals surface area contributed by atoms with Crippen molar-refractivity contribution >= 4 is 15.9 Å². The highest BCUT2D eigenvalue weighted by Crippen LogP contribution is 2.41. The molecule has 21 heavy (non-hydrogen) atoms. The molecule has 1 aliphatic heterocycles. The number of fused-ring (bicyclic) bond motifs is 1. The maximum atomic E-state index is 6.55. The van der Waals surface area contributed by atoms with Gasteiger partial charge in [-0.25, -0.2) is 0 Å². The predicted octanol–water partition coefficient (Wildman–Crippen LogP) is 4.49. The van der Waals surface area contributed by atoms with Gasteiger partial charge < -0.3 is 5.73 Å². The molecule has 1 saturated carbocycles. The van der Waals surface area contributed by atoms with Crippen molar-refractivity contribution in [2.45, 2.75) is 63.6 Å². The highest BCUT2D eigenvalue weighted by atomic mass is 79.9. The Bertz CT molecular complexity index is 459. The average Bonchev–Trinajstić information content (AvgIpc) is 2.98. The molecule has 0 spiro atoms. The Kier molecular flexibility index (Phi) is 5.03. The van der Waals surface area contributed by atoms with Gasteiger partial charge in [0.05, 0.1) is 6.04 Å². The number of nitrogens with zero attached hydrogens (tertiary/aromatic N) is 1. The number of halogens is 1. The summed E-state index contributed by atoms with van der Waals surface area (Å²) in [4.78, 5) is 2.75. The van der Waals surface area contributed by atoms with Gasteiger partial charge in [0.15, 0.2) is 0 Å². The van der Waals surface area contributed by atoms with E-state index in [-0.39, 0.29) is 6.04 Å². The molecule has 1 aromatic rings. The summed E-state index contributed by atoms with van der Waals surface area (Å²) < 4.78 is 1.15. The van der Waals surface area contributed by atoms with Crippen LogP contribution in [0.1, 0.15) is 57.1 Å². The molecule has 116 valence electrons. The zero-order valence-corrected chi connectivity index (χ0v) is 14.6. The lowest BCUT2D eigenvalue weighted by Crippen LogP contribution is -2.50. The van der Waals surface area contributed by atoms with Gasteiger partial charge in [0.2, 0.25) is 0 Å². The monoisotopic (exact) mass is 350 g/mol. The number of likely N-dealkylation sites (tertiary alicyclic amines) is 1. The van der Waals surface area contributed by atoms with Gasteiger partial charge in [-0.3, -0.25) is 4.90 Å². The van der Waals surface area contributed by atoms with Crippen LogP contribution in [0.2, 0.25) is 0 Å². The third kappa shape index (κ3) is 3.20. The number of benzene rings is 1. The van der Waals surface area contributed by atoms with Crippen molar-refractivity contribution in [1.29, 1.82) is 0 Å². The second-order valence-electron chi connectivity index (χ2n) is 6.71. The summed E-state index contributed by atoms with van der Waals surface area (Å²) in [5.74, 6) is 0.917. The molecule has 2 N–H and O–H groups in total. The van der Waals surface area contributed by atoms with Crippen molar-refractivity contribution < 1.29 is 0 Å². The number of nitrogens with two attached hydrogens (primary N) is 1. The molecule has 2 aliphatic rings. The lowest BCUT2D eigenvalue weighted by Gasteiger charge is -2.45. The maximum Gasteiger partial charge on any atom is 0.0502 e. The van der Waals surface area contributed by atoms with E-state index in [0.29, 0.717) is 6.04 Å². The van der Waals surface area contributed by atoms with Gasteiger partial charge in [-0.2, -0.15) is 0 Å². The van der Waals surface area contributed by atoms with Crippen molar-refractivity contribution in [3.8, 4) is 0 Å². The van der Waals surface area contributed by atoms with Gasteiger partial charge in [-0.05, 0) is 62.3 Å². The van der Waals surface area contributed by atoms with Gasteiger partial charge in [0, 0.05) is 16.6 Å². The van der Waals surface area contributed by atoms with Crippen LogP contribution in [0.5, 0.6) is 0 Å². The fourth-order valence-corrected chi connectivity index (χ4v) is 4.67. The van der Waals surface area contributed by atoms with Gasteiger partial charge in [0.25, 0.3) is 0 Å². The number of hydrogen-bond acceptors (Lipinski definition) is 2. The fourth-order valence-electron chi connectivity index (χ4n) is 4.41. The van der Waals surface area contributed by atoms with Gasteiger partial charge in [0.1, 0.15) is 0 Å². The third-order valence-electron chi connectivity index (χ3n) is 5.48. The van der Waals surface area contributed by atoms with E-state index in [4.69, 9.17) is 5.73 Å². The van der Waals surface area contributed by atoms with E-state index in [1.807, 2.05) is 0 Å². The van der Waals surface area contributed by atoms with Crippen molar-refractivity contribution in [3.05, 3.63) is 34.3 Å². The SMILES string of the molecule is CCC(N)C(c1ccc(Br)cc1)N1CCCC2CCCC21. The van der Waals surface area contributed by atoms with Crippen molar-refractivity contribution in [2.24, 2.45) is 11.7 Å². The van der Waals surface area contributed by atoms with Gasteiger partial charge in [-0.1, -0.05) is 41.4 Å². The third-order valence-corrected chi connectivity index (χ3v) is 6.01. The van der Waals surface area contributed by atoms with E-state index in [1.165, 1.54) is 44.2 Å². The van der Waals surface area contributed by atoms with E-state index in [0.717, 1.165) is 22.9 Å². The second-order valence-corrected chi connectivity index (χ2v) is 7.62. The van der Waals surface area contributed by atoms with Crippen LogP contribution in [-0.2, 0) is 0 Å². The summed E-state index contributed by atoms with van der Waals surface area (Å²) in [7, 11) is 0. The van der Waals surface area contributed by atoms with Crippen molar-refractivity contribution in [1.82, 2.24) is 4.90 Å². The number of hydrogen-bond donors (Lipinski definition) is 1. The molecule has 0 amide bonds. The normalized spacial score (nSPS) is 29.1. The summed E-state index contributed by atoms with van der Waals surface area (Å²) in [6.07, 6.45) is 8.00. The quantitative estimate of drug-likeness (QED) is 0.866. The summed E-state index contributed by atoms with van der Waals surface area (Å²) in [5, 5.41) is 0. The van der Waals surface area contributed by atoms with Gasteiger partial charge >= 0.3 is 0 Å². The minimum Gasteiger partial charge on any atom is -0.326 e. The summed E-state index contributed by atoms with van der Waals surface area (Å²) in [6.45, 7) is 3.43. The molecule has 4 atom stereocenters. The maximum absolute atomic E-state index is 6.55. The minimum atomic E-state index is 0.227. The molecule has 4 unspecified atom stereocenters. The standard InChI is InChI=1S/C18H27BrN2/c1-2-16(20)18(14-8-10-15(19)11-9-14)21-12-4-6-13-5-3-7-17(13)21/h8-11,13,16-18H,2-7,12,20H2,1H3. The first-order chi connectivity index (χ1) is 10.2. The van der Waals surface area contributed by atoms with E-state index in [1.54, 1.807) is 0 Å². The van der Waals surface area contributed by atoms with Crippen LogP contribution in [-0.4, -0.2) is 23.5 Å². The Morgan fingerprint density at radius 2 is 1.90 bits per heavy atom. The Morgan fingerprint density at radius 3 is 2.62 bits per heavy atom. The van der Waals surface area contributed by atoms with Crippen LogP contribution in [0.4, 0.5) is 0 Å². The topological polar surface area (TPSA) is 29.3 Å². The fraction of sp³-hybridized carbons (Fsp3) is 0.667. The predicted molar refractivity (Wildman–Crippen MR) is 92.2 cm³/mol.